The van der Waals surface area contributed by atoms with Crippen LogP contribution in [0.1, 0.15) is 28.8 Å². The number of halogens is 2. The molecule has 0 unspecified atom stereocenters. The van der Waals surface area contributed by atoms with Crippen LogP contribution in [0.15, 0.2) is 12.1 Å². The van der Waals surface area contributed by atoms with E-state index in [2.05, 4.69) is 4.74 Å². The van der Waals surface area contributed by atoms with Crippen molar-refractivity contribution in [3.8, 4) is 0 Å². The lowest BCUT2D eigenvalue weighted by molar-refractivity contribution is 0.0594. The number of carbonyl (C=O) groups excluding carboxylic acids is 1. The van der Waals surface area contributed by atoms with Gasteiger partial charge in [-0.15, -0.1) is 0 Å². The molecule has 1 saturated carbocycles. The quantitative estimate of drug-likeness (QED) is 0.782. The molecule has 1 aromatic carbocycles. The van der Waals surface area contributed by atoms with E-state index in [1.807, 2.05) is 0 Å². The second-order valence-electron chi connectivity index (χ2n) is 3.97. The van der Waals surface area contributed by atoms with Crippen LogP contribution in [0.3, 0.4) is 0 Å². The highest BCUT2D eigenvalue weighted by Crippen LogP contribution is 2.43. The monoisotopic (exact) mass is 227 g/mol. The molecular formula is C11H11F2NO2. The van der Waals surface area contributed by atoms with E-state index in [0.717, 1.165) is 13.2 Å². The molecule has 0 aromatic heterocycles. The molecule has 0 saturated heterocycles. The van der Waals surface area contributed by atoms with Crippen LogP contribution < -0.4 is 5.73 Å². The Kier molecular flexibility index (Phi) is 2.42. The van der Waals surface area contributed by atoms with Crippen LogP contribution in [0.25, 0.3) is 0 Å². The third-order valence-corrected chi connectivity index (χ3v) is 2.80. The van der Waals surface area contributed by atoms with E-state index in [1.165, 1.54) is 6.07 Å². The summed E-state index contributed by atoms with van der Waals surface area (Å²) < 4.78 is 30.9. The minimum atomic E-state index is -1.19. The van der Waals surface area contributed by atoms with Crippen molar-refractivity contribution in [2.75, 3.05) is 7.11 Å². The van der Waals surface area contributed by atoms with Crippen molar-refractivity contribution in [1.82, 2.24) is 0 Å². The predicted octanol–water partition coefficient (Wildman–Crippen LogP) is 1.70. The summed E-state index contributed by atoms with van der Waals surface area (Å²) in [7, 11) is 1.11. The molecule has 5 heteroatoms. The average Bonchev–Trinajstić information content (AvgIpc) is 3.00. The highest BCUT2D eigenvalue weighted by atomic mass is 19.2. The van der Waals surface area contributed by atoms with Gasteiger partial charge < -0.3 is 10.5 Å². The van der Waals surface area contributed by atoms with Gasteiger partial charge in [0.05, 0.1) is 12.7 Å². The number of ether oxygens (including phenoxy) is 1. The zero-order valence-corrected chi connectivity index (χ0v) is 8.72. The van der Waals surface area contributed by atoms with Crippen molar-refractivity contribution in [2.24, 2.45) is 5.73 Å². The molecule has 86 valence electrons. The molecule has 0 radical (unpaired) electrons. The standard InChI is InChI=1S/C11H11F2NO2/c1-16-10(15)7-4-6(11(14)2-3-11)5-8(12)9(7)13/h4-5H,2-3,14H2,1H3. The van der Waals surface area contributed by atoms with Gasteiger partial charge in [-0.3, -0.25) is 0 Å². The third-order valence-electron chi connectivity index (χ3n) is 2.80. The summed E-state index contributed by atoms with van der Waals surface area (Å²) in [5, 5.41) is 0. The lowest BCUT2D eigenvalue weighted by Gasteiger charge is -2.11. The molecule has 16 heavy (non-hydrogen) atoms. The smallest absolute Gasteiger partial charge is 0.340 e. The van der Waals surface area contributed by atoms with Crippen LogP contribution in [0.4, 0.5) is 8.78 Å². The van der Waals surface area contributed by atoms with Crippen LogP contribution in [0, 0.1) is 11.6 Å². The molecule has 3 nitrogen and oxygen atoms in total. The molecule has 1 aliphatic rings. The third kappa shape index (κ3) is 1.67. The SMILES string of the molecule is COC(=O)c1cc(C2(N)CC2)cc(F)c1F. The number of hydrogen-bond acceptors (Lipinski definition) is 3. The summed E-state index contributed by atoms with van der Waals surface area (Å²) in [5.41, 5.74) is 5.27. The van der Waals surface area contributed by atoms with Crippen LogP contribution >= 0.6 is 0 Å². The first kappa shape index (κ1) is 11.0. The minimum Gasteiger partial charge on any atom is -0.465 e. The summed E-state index contributed by atoms with van der Waals surface area (Å²) in [6, 6.07) is 2.30. The average molecular weight is 227 g/mol. The Bertz CT molecular complexity index is 456. The van der Waals surface area contributed by atoms with Gasteiger partial charge in [0.25, 0.3) is 0 Å². The molecule has 1 aliphatic carbocycles. The zero-order chi connectivity index (χ0) is 11.9. The Balaban J connectivity index is 2.51. The Hall–Kier alpha value is -1.49. The summed E-state index contributed by atoms with van der Waals surface area (Å²) in [6.07, 6.45) is 1.41. The first-order chi connectivity index (χ1) is 7.48. The molecular weight excluding hydrogens is 216 g/mol. The largest absolute Gasteiger partial charge is 0.465 e. The van der Waals surface area contributed by atoms with Gasteiger partial charge in [-0.2, -0.15) is 0 Å². The molecule has 1 aromatic rings. The number of rotatable bonds is 2. The number of esters is 1. The lowest BCUT2D eigenvalue weighted by Crippen LogP contribution is -2.20. The molecule has 0 aliphatic heterocycles. The van der Waals surface area contributed by atoms with Gasteiger partial charge in [-0.25, -0.2) is 13.6 Å². The van der Waals surface area contributed by atoms with Gasteiger partial charge in [-0.1, -0.05) is 0 Å². The van der Waals surface area contributed by atoms with Crippen molar-refractivity contribution >= 4 is 5.97 Å². The lowest BCUT2D eigenvalue weighted by atomic mass is 10.0. The number of methoxy groups -OCH3 is 1. The topological polar surface area (TPSA) is 52.3 Å². The highest BCUT2D eigenvalue weighted by molar-refractivity contribution is 5.90. The van der Waals surface area contributed by atoms with Crippen molar-refractivity contribution in [3.05, 3.63) is 34.9 Å². The van der Waals surface area contributed by atoms with Crippen LogP contribution in [-0.4, -0.2) is 13.1 Å². The van der Waals surface area contributed by atoms with Gasteiger partial charge in [0.2, 0.25) is 0 Å². The fourth-order valence-electron chi connectivity index (χ4n) is 1.56. The molecule has 1 fully saturated rings. The van der Waals surface area contributed by atoms with E-state index >= 15 is 0 Å². The molecule has 2 N–H and O–H groups in total. The zero-order valence-electron chi connectivity index (χ0n) is 8.72. The number of carbonyl (C=O) groups is 1. The number of nitrogens with two attached hydrogens (primary N) is 1. The summed E-state index contributed by atoms with van der Waals surface area (Å²) in [6.45, 7) is 0. The van der Waals surface area contributed by atoms with E-state index in [9.17, 15) is 13.6 Å². The normalized spacial score (nSPS) is 17.0. The maximum atomic E-state index is 13.3. The molecule has 0 amide bonds. The molecule has 0 heterocycles. The Labute approximate surface area is 91.2 Å². The maximum Gasteiger partial charge on any atom is 0.340 e. The molecule has 0 spiro atoms. The first-order valence-corrected chi connectivity index (χ1v) is 4.84. The number of hydrogen-bond donors (Lipinski definition) is 1. The van der Waals surface area contributed by atoms with Gasteiger partial charge in [-0.05, 0) is 30.5 Å². The second kappa shape index (κ2) is 3.52. The molecule has 0 atom stereocenters. The second-order valence-corrected chi connectivity index (χ2v) is 3.97. The van der Waals surface area contributed by atoms with Crippen molar-refractivity contribution in [1.29, 1.82) is 0 Å². The fraction of sp³-hybridized carbons (Fsp3) is 0.364. The van der Waals surface area contributed by atoms with Crippen LogP contribution in [0.5, 0.6) is 0 Å². The van der Waals surface area contributed by atoms with E-state index in [4.69, 9.17) is 5.73 Å². The first-order valence-electron chi connectivity index (χ1n) is 4.84. The van der Waals surface area contributed by atoms with Crippen molar-refractivity contribution in [2.45, 2.75) is 18.4 Å². The highest BCUT2D eigenvalue weighted by Gasteiger charge is 2.41. The van der Waals surface area contributed by atoms with E-state index in [-0.39, 0.29) is 0 Å². The van der Waals surface area contributed by atoms with E-state index in [0.29, 0.717) is 18.4 Å². The summed E-state index contributed by atoms with van der Waals surface area (Å²) >= 11 is 0. The predicted molar refractivity (Wildman–Crippen MR) is 52.8 cm³/mol. The van der Waals surface area contributed by atoms with E-state index in [1.54, 1.807) is 0 Å². The van der Waals surface area contributed by atoms with Gasteiger partial charge >= 0.3 is 5.97 Å². The Morgan fingerprint density at radius 2 is 2.06 bits per heavy atom. The maximum absolute atomic E-state index is 13.3. The summed E-state index contributed by atoms with van der Waals surface area (Å²) in [4.78, 5) is 11.2. The number of benzene rings is 1. The Morgan fingerprint density at radius 1 is 1.44 bits per heavy atom. The summed E-state index contributed by atoms with van der Waals surface area (Å²) in [5.74, 6) is -3.17. The minimum absolute atomic E-state index is 0.408. The van der Waals surface area contributed by atoms with Gasteiger partial charge in [0.15, 0.2) is 11.6 Å². The van der Waals surface area contributed by atoms with Crippen LogP contribution in [-0.2, 0) is 10.3 Å². The van der Waals surface area contributed by atoms with E-state index < -0.39 is 28.7 Å². The van der Waals surface area contributed by atoms with Crippen LogP contribution in [0.2, 0.25) is 0 Å². The van der Waals surface area contributed by atoms with Gasteiger partial charge in [0, 0.05) is 5.54 Å². The Morgan fingerprint density at radius 3 is 2.56 bits per heavy atom. The van der Waals surface area contributed by atoms with Gasteiger partial charge in [0.1, 0.15) is 0 Å². The van der Waals surface area contributed by atoms with Crippen molar-refractivity contribution in [3.63, 3.8) is 0 Å². The molecule has 2 rings (SSSR count). The molecule has 0 bridgehead atoms. The van der Waals surface area contributed by atoms with Crippen molar-refractivity contribution < 1.29 is 18.3 Å². The fourth-order valence-corrected chi connectivity index (χ4v) is 1.56.